The predicted octanol–water partition coefficient (Wildman–Crippen LogP) is 2.53. The molecule has 1 N–H and O–H groups in total. The van der Waals surface area contributed by atoms with Gasteiger partial charge in [0.2, 0.25) is 0 Å². The lowest BCUT2D eigenvalue weighted by atomic mass is 10.2. The fraction of sp³-hybridized carbons (Fsp3) is 0. The van der Waals surface area contributed by atoms with Crippen LogP contribution in [0.15, 0.2) is 41.1 Å². The van der Waals surface area contributed by atoms with Crippen molar-refractivity contribution in [2.45, 2.75) is 0 Å². The molecule has 0 aliphatic carbocycles. The molecule has 0 aliphatic rings. The molecular weight excluding hydrogens is 307 g/mol. The smallest absolute Gasteiger partial charge is 0.256 e. The fourth-order valence-corrected chi connectivity index (χ4v) is 1.64. The summed E-state index contributed by atoms with van der Waals surface area (Å²) >= 11 is 2.15. The molecule has 15 heavy (non-hydrogen) atoms. The topological polar surface area (TPSA) is 55.1 Å². The second kappa shape index (κ2) is 4.43. The third-order valence-electron chi connectivity index (χ3n) is 1.77. The van der Waals surface area contributed by atoms with Crippen molar-refractivity contribution in [2.75, 3.05) is 5.32 Å². The summed E-state index contributed by atoms with van der Waals surface area (Å²) < 4.78 is 5.62. The summed E-state index contributed by atoms with van der Waals surface area (Å²) in [5.41, 5.74) is 0.602. The van der Waals surface area contributed by atoms with Crippen molar-refractivity contribution in [3.05, 3.63) is 45.7 Å². The van der Waals surface area contributed by atoms with E-state index in [0.29, 0.717) is 11.4 Å². The molecule has 0 aliphatic heterocycles. The Morgan fingerprint density at radius 2 is 2.27 bits per heavy atom. The summed E-state index contributed by atoms with van der Waals surface area (Å²) in [6, 6.07) is 8.90. The second-order valence-corrected chi connectivity index (χ2v) is 4.09. The Hall–Kier alpha value is -1.37. The van der Waals surface area contributed by atoms with E-state index in [2.05, 4.69) is 37.6 Å². The first-order valence-electron chi connectivity index (χ1n) is 4.23. The molecule has 0 radical (unpaired) electrons. The number of hydrogen-bond acceptors (Lipinski definition) is 3. The van der Waals surface area contributed by atoms with Crippen molar-refractivity contribution in [3.63, 3.8) is 0 Å². The molecule has 4 nitrogen and oxygen atoms in total. The van der Waals surface area contributed by atoms with Gasteiger partial charge >= 0.3 is 0 Å². The first-order chi connectivity index (χ1) is 7.25. The van der Waals surface area contributed by atoms with E-state index in [4.69, 9.17) is 0 Å². The first kappa shape index (κ1) is 10.2. The van der Waals surface area contributed by atoms with Gasteiger partial charge in [-0.25, -0.2) is 0 Å². The Kier molecular flexibility index (Phi) is 3.00. The largest absolute Gasteiger partial charge is 0.363 e. The van der Waals surface area contributed by atoms with Crippen LogP contribution in [0, 0.1) is 3.57 Å². The van der Waals surface area contributed by atoms with Crippen LogP contribution in [0.2, 0.25) is 0 Å². The monoisotopic (exact) mass is 314 g/mol. The lowest BCUT2D eigenvalue weighted by molar-refractivity contribution is 0.102. The first-order valence-corrected chi connectivity index (χ1v) is 5.31. The molecule has 0 unspecified atom stereocenters. The van der Waals surface area contributed by atoms with Gasteiger partial charge < -0.3 is 9.84 Å². The van der Waals surface area contributed by atoms with Crippen LogP contribution in [0.1, 0.15) is 10.4 Å². The minimum Gasteiger partial charge on any atom is -0.363 e. The maximum Gasteiger partial charge on any atom is 0.256 e. The number of benzene rings is 1. The molecule has 1 heterocycles. The Bertz CT molecular complexity index is 468. The average Bonchev–Trinajstić information content (AvgIpc) is 2.70. The molecule has 1 amide bonds. The standard InChI is InChI=1S/C10H7IN2O2/c11-8-3-1-2-7(6-8)10(14)12-9-4-5-15-13-9/h1-6H,(H,12,13,14). The zero-order valence-corrected chi connectivity index (χ0v) is 9.76. The van der Waals surface area contributed by atoms with E-state index in [1.165, 1.54) is 6.26 Å². The van der Waals surface area contributed by atoms with E-state index in [-0.39, 0.29) is 5.91 Å². The lowest BCUT2D eigenvalue weighted by Gasteiger charge is -2.01. The van der Waals surface area contributed by atoms with Crippen molar-refractivity contribution in [1.82, 2.24) is 5.16 Å². The van der Waals surface area contributed by atoms with Gasteiger partial charge in [-0.15, -0.1) is 0 Å². The quantitative estimate of drug-likeness (QED) is 0.867. The van der Waals surface area contributed by atoms with Crippen molar-refractivity contribution < 1.29 is 9.32 Å². The number of carbonyl (C=O) groups is 1. The Balaban J connectivity index is 2.15. The SMILES string of the molecule is O=C(Nc1ccon1)c1cccc(I)c1. The van der Waals surface area contributed by atoms with E-state index < -0.39 is 0 Å². The molecular formula is C10H7IN2O2. The van der Waals surface area contributed by atoms with Gasteiger partial charge in [0.1, 0.15) is 6.26 Å². The minimum atomic E-state index is -0.192. The zero-order valence-electron chi connectivity index (χ0n) is 7.61. The molecule has 0 saturated heterocycles. The maximum atomic E-state index is 11.7. The highest BCUT2D eigenvalue weighted by atomic mass is 127. The molecule has 0 fully saturated rings. The number of carbonyl (C=O) groups excluding carboxylic acids is 1. The molecule has 2 aromatic rings. The van der Waals surface area contributed by atoms with Gasteiger partial charge in [-0.2, -0.15) is 0 Å². The van der Waals surface area contributed by atoms with Crippen molar-refractivity contribution >= 4 is 34.3 Å². The van der Waals surface area contributed by atoms with E-state index in [1.807, 2.05) is 12.1 Å². The van der Waals surface area contributed by atoms with Gasteiger partial charge in [0.15, 0.2) is 5.82 Å². The summed E-state index contributed by atoms with van der Waals surface area (Å²) in [5.74, 6) is 0.223. The van der Waals surface area contributed by atoms with Crippen LogP contribution in [0.5, 0.6) is 0 Å². The van der Waals surface area contributed by atoms with Crippen LogP contribution in [-0.2, 0) is 0 Å². The molecule has 76 valence electrons. The summed E-state index contributed by atoms with van der Waals surface area (Å²) in [6.45, 7) is 0. The molecule has 2 rings (SSSR count). The molecule has 0 bridgehead atoms. The van der Waals surface area contributed by atoms with Crippen LogP contribution in [0.25, 0.3) is 0 Å². The van der Waals surface area contributed by atoms with Crippen LogP contribution in [0.3, 0.4) is 0 Å². The number of nitrogens with one attached hydrogen (secondary N) is 1. The molecule has 0 atom stereocenters. The number of rotatable bonds is 2. The summed E-state index contributed by atoms with van der Waals surface area (Å²) in [6.07, 6.45) is 1.41. The molecule has 0 saturated carbocycles. The van der Waals surface area contributed by atoms with Crippen LogP contribution < -0.4 is 5.32 Å². The fourth-order valence-electron chi connectivity index (χ4n) is 1.10. The Morgan fingerprint density at radius 1 is 1.40 bits per heavy atom. The number of aromatic nitrogens is 1. The Morgan fingerprint density at radius 3 is 2.93 bits per heavy atom. The third kappa shape index (κ3) is 2.56. The van der Waals surface area contributed by atoms with E-state index in [0.717, 1.165) is 3.57 Å². The number of amides is 1. The van der Waals surface area contributed by atoms with E-state index >= 15 is 0 Å². The number of halogens is 1. The predicted molar refractivity (Wildman–Crippen MR) is 63.6 cm³/mol. The normalized spacial score (nSPS) is 9.93. The molecule has 1 aromatic carbocycles. The molecule has 5 heteroatoms. The third-order valence-corrected chi connectivity index (χ3v) is 2.44. The summed E-state index contributed by atoms with van der Waals surface area (Å²) in [4.78, 5) is 11.7. The number of hydrogen-bond donors (Lipinski definition) is 1. The average molecular weight is 314 g/mol. The maximum absolute atomic E-state index is 11.7. The highest BCUT2D eigenvalue weighted by molar-refractivity contribution is 14.1. The van der Waals surface area contributed by atoms with Crippen LogP contribution in [-0.4, -0.2) is 11.1 Å². The second-order valence-electron chi connectivity index (χ2n) is 2.85. The highest BCUT2D eigenvalue weighted by Gasteiger charge is 2.07. The van der Waals surface area contributed by atoms with Crippen molar-refractivity contribution in [1.29, 1.82) is 0 Å². The zero-order chi connectivity index (χ0) is 10.7. The minimum absolute atomic E-state index is 0.192. The highest BCUT2D eigenvalue weighted by Crippen LogP contribution is 2.10. The molecule has 1 aromatic heterocycles. The summed E-state index contributed by atoms with van der Waals surface area (Å²) in [5, 5.41) is 6.21. The van der Waals surface area contributed by atoms with Gasteiger partial charge in [0, 0.05) is 15.2 Å². The van der Waals surface area contributed by atoms with Gasteiger partial charge in [0.05, 0.1) is 0 Å². The van der Waals surface area contributed by atoms with Gasteiger partial charge in [-0.1, -0.05) is 11.2 Å². The number of anilines is 1. The lowest BCUT2D eigenvalue weighted by Crippen LogP contribution is -2.11. The summed E-state index contributed by atoms with van der Waals surface area (Å²) in [7, 11) is 0. The van der Waals surface area contributed by atoms with Crippen LogP contribution >= 0.6 is 22.6 Å². The van der Waals surface area contributed by atoms with Gasteiger partial charge in [0.25, 0.3) is 5.91 Å². The van der Waals surface area contributed by atoms with Crippen molar-refractivity contribution in [2.24, 2.45) is 0 Å². The van der Waals surface area contributed by atoms with Gasteiger partial charge in [-0.3, -0.25) is 4.79 Å². The number of nitrogens with zero attached hydrogens (tertiary/aromatic N) is 1. The van der Waals surface area contributed by atoms with E-state index in [9.17, 15) is 4.79 Å². The van der Waals surface area contributed by atoms with Crippen LogP contribution in [0.4, 0.5) is 5.82 Å². The van der Waals surface area contributed by atoms with Gasteiger partial charge in [-0.05, 0) is 40.8 Å². The van der Waals surface area contributed by atoms with Crippen molar-refractivity contribution in [3.8, 4) is 0 Å². The van der Waals surface area contributed by atoms with E-state index in [1.54, 1.807) is 18.2 Å². The molecule has 0 spiro atoms. The Labute approximate surface area is 99.8 Å².